The fourth-order valence-electron chi connectivity index (χ4n) is 4.54. The first kappa shape index (κ1) is 20.0. The van der Waals surface area contributed by atoms with E-state index in [0.717, 1.165) is 35.8 Å². The Kier molecular flexibility index (Phi) is 7.40. The first-order valence-electron chi connectivity index (χ1n) is 10.7. The summed E-state index contributed by atoms with van der Waals surface area (Å²) in [7, 11) is 0. The Morgan fingerprint density at radius 3 is 2.67 bits per heavy atom. The standard InChI is InChI=1S/C24H33NO2/c1-18(19-8-3-2-4-9-19)7-5-6-10-23(26)22-17-21(11-12-24(22)27)20-13-15-25-16-14-20/h11,13-19,24,27H,2-10,12H2,1H3. The molecule has 0 saturated heterocycles. The van der Waals surface area contributed by atoms with Crippen LogP contribution in [0.4, 0.5) is 0 Å². The molecule has 2 aliphatic rings. The zero-order valence-electron chi connectivity index (χ0n) is 16.6. The maximum atomic E-state index is 12.7. The third-order valence-electron chi connectivity index (χ3n) is 6.33. The summed E-state index contributed by atoms with van der Waals surface area (Å²) >= 11 is 0. The van der Waals surface area contributed by atoms with Crippen LogP contribution in [0.15, 0.2) is 42.3 Å². The van der Waals surface area contributed by atoms with Crippen LogP contribution in [0.5, 0.6) is 0 Å². The number of Topliss-reactive ketones (excluding diaryl/α,β-unsaturated/α-hetero) is 1. The molecule has 1 fully saturated rings. The van der Waals surface area contributed by atoms with Crippen molar-refractivity contribution in [3.8, 4) is 0 Å². The number of ketones is 1. The molecule has 1 heterocycles. The second-order valence-corrected chi connectivity index (χ2v) is 8.29. The normalized spacial score (nSPS) is 22.1. The van der Waals surface area contributed by atoms with E-state index in [9.17, 15) is 9.90 Å². The Bertz CT molecular complexity index is 671. The van der Waals surface area contributed by atoms with E-state index in [1.807, 2.05) is 24.3 Å². The average molecular weight is 368 g/mol. The van der Waals surface area contributed by atoms with Gasteiger partial charge in [0.1, 0.15) is 0 Å². The van der Waals surface area contributed by atoms with Gasteiger partial charge in [-0.15, -0.1) is 0 Å². The average Bonchev–Trinajstić information content (AvgIpc) is 2.72. The quantitative estimate of drug-likeness (QED) is 0.617. The summed E-state index contributed by atoms with van der Waals surface area (Å²) in [6.07, 6.45) is 18.0. The van der Waals surface area contributed by atoms with Gasteiger partial charge in [-0.2, -0.15) is 0 Å². The van der Waals surface area contributed by atoms with Crippen LogP contribution in [0.25, 0.3) is 5.57 Å². The van der Waals surface area contributed by atoms with Crippen molar-refractivity contribution in [1.82, 2.24) is 4.98 Å². The summed E-state index contributed by atoms with van der Waals surface area (Å²) in [4.78, 5) is 16.7. The first-order valence-corrected chi connectivity index (χ1v) is 10.7. The summed E-state index contributed by atoms with van der Waals surface area (Å²) in [5.41, 5.74) is 2.63. The highest BCUT2D eigenvalue weighted by molar-refractivity contribution is 5.99. The maximum Gasteiger partial charge on any atom is 0.161 e. The summed E-state index contributed by atoms with van der Waals surface area (Å²) in [5.74, 6) is 1.78. The molecule has 2 unspecified atom stereocenters. The van der Waals surface area contributed by atoms with Gasteiger partial charge in [0.05, 0.1) is 6.10 Å². The van der Waals surface area contributed by atoms with Crippen molar-refractivity contribution in [3.05, 3.63) is 47.8 Å². The third-order valence-corrected chi connectivity index (χ3v) is 6.33. The number of aliphatic hydroxyl groups excluding tert-OH is 1. The molecule has 1 aromatic rings. The molecule has 3 nitrogen and oxygen atoms in total. The largest absolute Gasteiger partial charge is 0.388 e. The number of unbranched alkanes of at least 4 members (excludes halogenated alkanes) is 1. The van der Waals surface area contributed by atoms with Crippen molar-refractivity contribution in [1.29, 1.82) is 0 Å². The van der Waals surface area contributed by atoms with Gasteiger partial charge in [-0.25, -0.2) is 0 Å². The van der Waals surface area contributed by atoms with Crippen LogP contribution in [0.1, 0.15) is 76.7 Å². The molecule has 0 spiro atoms. The number of aromatic nitrogens is 1. The predicted molar refractivity (Wildman–Crippen MR) is 110 cm³/mol. The molecular weight excluding hydrogens is 334 g/mol. The van der Waals surface area contributed by atoms with E-state index < -0.39 is 6.10 Å². The number of allylic oxidation sites excluding steroid dienone is 2. The number of hydrogen-bond donors (Lipinski definition) is 1. The molecule has 0 radical (unpaired) electrons. The molecule has 3 rings (SSSR count). The lowest BCUT2D eigenvalue weighted by Crippen LogP contribution is -2.20. The van der Waals surface area contributed by atoms with Crippen molar-refractivity contribution in [2.24, 2.45) is 11.8 Å². The van der Waals surface area contributed by atoms with Gasteiger partial charge < -0.3 is 5.11 Å². The number of pyridine rings is 1. The monoisotopic (exact) mass is 367 g/mol. The molecule has 0 aromatic carbocycles. The van der Waals surface area contributed by atoms with Crippen molar-refractivity contribution < 1.29 is 9.90 Å². The number of rotatable bonds is 8. The van der Waals surface area contributed by atoms with Crippen LogP contribution in [0.3, 0.4) is 0 Å². The fraction of sp³-hybridized carbons (Fsp3) is 0.583. The highest BCUT2D eigenvalue weighted by Gasteiger charge is 2.23. The minimum absolute atomic E-state index is 0.104. The van der Waals surface area contributed by atoms with E-state index in [0.29, 0.717) is 18.4 Å². The van der Waals surface area contributed by atoms with Gasteiger partial charge >= 0.3 is 0 Å². The van der Waals surface area contributed by atoms with E-state index >= 15 is 0 Å². The Balaban J connectivity index is 1.48. The van der Waals surface area contributed by atoms with E-state index in [1.54, 1.807) is 12.4 Å². The lowest BCUT2D eigenvalue weighted by atomic mass is 9.79. The number of aliphatic hydroxyl groups is 1. The van der Waals surface area contributed by atoms with E-state index in [1.165, 1.54) is 38.5 Å². The summed E-state index contributed by atoms with van der Waals surface area (Å²) in [6, 6.07) is 3.88. The van der Waals surface area contributed by atoms with Crippen LogP contribution < -0.4 is 0 Å². The van der Waals surface area contributed by atoms with Crippen LogP contribution in [-0.4, -0.2) is 22.0 Å². The van der Waals surface area contributed by atoms with E-state index in [2.05, 4.69) is 11.9 Å². The smallest absolute Gasteiger partial charge is 0.161 e. The number of carbonyl (C=O) groups is 1. The lowest BCUT2D eigenvalue weighted by Gasteiger charge is -2.27. The number of carbonyl (C=O) groups excluding carboxylic acids is 1. The van der Waals surface area contributed by atoms with Crippen LogP contribution >= 0.6 is 0 Å². The van der Waals surface area contributed by atoms with Crippen molar-refractivity contribution >= 4 is 11.4 Å². The van der Waals surface area contributed by atoms with Crippen molar-refractivity contribution in [2.45, 2.75) is 77.2 Å². The highest BCUT2D eigenvalue weighted by Crippen LogP contribution is 2.32. The van der Waals surface area contributed by atoms with Crippen LogP contribution in [-0.2, 0) is 4.79 Å². The fourth-order valence-corrected chi connectivity index (χ4v) is 4.54. The van der Waals surface area contributed by atoms with Gasteiger partial charge in [-0.05, 0) is 54.0 Å². The Morgan fingerprint density at radius 1 is 1.19 bits per heavy atom. The molecule has 0 aliphatic heterocycles. The molecule has 2 atom stereocenters. The molecule has 0 bridgehead atoms. The molecule has 1 saturated carbocycles. The predicted octanol–water partition coefficient (Wildman–Crippen LogP) is 5.50. The molecule has 1 N–H and O–H groups in total. The third kappa shape index (κ3) is 5.62. The van der Waals surface area contributed by atoms with Crippen LogP contribution in [0, 0.1) is 11.8 Å². The van der Waals surface area contributed by atoms with E-state index in [4.69, 9.17) is 0 Å². The Labute approximate surface area is 163 Å². The SMILES string of the molecule is CC(CCCCC(=O)C1=CC(c2ccncc2)=CCC1O)C1CCCCC1. The minimum atomic E-state index is -0.663. The zero-order chi connectivity index (χ0) is 19.1. The van der Waals surface area contributed by atoms with Gasteiger partial charge in [0, 0.05) is 24.4 Å². The first-order chi connectivity index (χ1) is 13.1. The topological polar surface area (TPSA) is 50.2 Å². The van der Waals surface area contributed by atoms with Gasteiger partial charge in [0.2, 0.25) is 0 Å². The molecule has 2 aliphatic carbocycles. The maximum absolute atomic E-state index is 12.7. The Morgan fingerprint density at radius 2 is 1.93 bits per heavy atom. The van der Waals surface area contributed by atoms with Gasteiger partial charge in [-0.1, -0.05) is 57.9 Å². The van der Waals surface area contributed by atoms with Crippen LogP contribution in [0.2, 0.25) is 0 Å². The van der Waals surface area contributed by atoms with E-state index in [-0.39, 0.29) is 5.78 Å². The lowest BCUT2D eigenvalue weighted by molar-refractivity contribution is -0.116. The Hall–Kier alpha value is -1.74. The molecular formula is C24H33NO2. The molecule has 27 heavy (non-hydrogen) atoms. The molecule has 1 aromatic heterocycles. The number of hydrogen-bond acceptors (Lipinski definition) is 3. The number of nitrogens with zero attached hydrogens (tertiary/aromatic N) is 1. The van der Waals surface area contributed by atoms with Gasteiger partial charge in [-0.3, -0.25) is 9.78 Å². The summed E-state index contributed by atoms with van der Waals surface area (Å²) in [6.45, 7) is 2.39. The molecule has 3 heteroatoms. The van der Waals surface area contributed by atoms with Crippen molar-refractivity contribution in [2.75, 3.05) is 0 Å². The molecule has 146 valence electrons. The van der Waals surface area contributed by atoms with Gasteiger partial charge in [0.15, 0.2) is 5.78 Å². The molecule has 0 amide bonds. The van der Waals surface area contributed by atoms with Gasteiger partial charge in [0.25, 0.3) is 0 Å². The van der Waals surface area contributed by atoms with Crippen molar-refractivity contribution in [3.63, 3.8) is 0 Å². The zero-order valence-corrected chi connectivity index (χ0v) is 16.6. The highest BCUT2D eigenvalue weighted by atomic mass is 16.3. The second kappa shape index (κ2) is 9.98. The second-order valence-electron chi connectivity index (χ2n) is 8.29. The minimum Gasteiger partial charge on any atom is -0.388 e. The summed E-state index contributed by atoms with van der Waals surface area (Å²) in [5, 5.41) is 10.3. The summed E-state index contributed by atoms with van der Waals surface area (Å²) < 4.78 is 0.